The highest BCUT2D eigenvalue weighted by Crippen LogP contribution is 2.21. The van der Waals surface area contributed by atoms with Gasteiger partial charge in [0.1, 0.15) is 0 Å². The van der Waals surface area contributed by atoms with Crippen LogP contribution in [0.2, 0.25) is 0 Å². The lowest BCUT2D eigenvalue weighted by molar-refractivity contribution is 0.111. The van der Waals surface area contributed by atoms with Crippen LogP contribution in [0.1, 0.15) is 24.2 Å². The van der Waals surface area contributed by atoms with Gasteiger partial charge in [0, 0.05) is 0 Å². The first-order valence-electron chi connectivity index (χ1n) is 4.51. The highest BCUT2D eigenvalue weighted by molar-refractivity contribution is 5.79. The maximum absolute atomic E-state index is 13.2. The number of carbonyl (C=O) groups excluding carboxylic acids is 1. The lowest BCUT2D eigenvalue weighted by atomic mass is 10.2. The normalized spacial score (nSPS) is 10.3. The van der Waals surface area contributed by atoms with E-state index in [0.717, 1.165) is 0 Å². The molecule has 0 fully saturated rings. The summed E-state index contributed by atoms with van der Waals surface area (Å²) in [5.41, 5.74) is 0.255. The van der Waals surface area contributed by atoms with Gasteiger partial charge in [-0.1, -0.05) is 19.9 Å². The summed E-state index contributed by atoms with van der Waals surface area (Å²) < 4.78 is 18.4. The molecule has 0 aliphatic rings. The van der Waals surface area contributed by atoms with Crippen LogP contribution in [0.15, 0.2) is 18.2 Å². The van der Waals surface area contributed by atoms with E-state index >= 15 is 0 Å². The molecular formula is C11H13FO2. The van der Waals surface area contributed by atoms with Crippen LogP contribution in [0.4, 0.5) is 4.39 Å². The minimum absolute atomic E-state index is 0.0520. The standard InChI is InChI=1S/C11H13FO2/c1-8(2)7-14-11-9(6-13)4-3-5-10(11)12/h3-6,8H,7H2,1-2H3. The molecule has 2 nitrogen and oxygen atoms in total. The summed E-state index contributed by atoms with van der Waals surface area (Å²) in [5.74, 6) is -0.138. The molecule has 76 valence electrons. The van der Waals surface area contributed by atoms with Crippen LogP contribution in [0, 0.1) is 11.7 Å². The average molecular weight is 196 g/mol. The zero-order valence-electron chi connectivity index (χ0n) is 8.29. The Hall–Kier alpha value is -1.38. The van der Waals surface area contributed by atoms with Crippen LogP contribution >= 0.6 is 0 Å². The molecule has 3 heteroatoms. The van der Waals surface area contributed by atoms with Gasteiger partial charge in [0.2, 0.25) is 0 Å². The fourth-order valence-electron chi connectivity index (χ4n) is 1.02. The van der Waals surface area contributed by atoms with Crippen molar-refractivity contribution < 1.29 is 13.9 Å². The number of hydrogen-bond donors (Lipinski definition) is 0. The monoisotopic (exact) mass is 196 g/mol. The first-order chi connectivity index (χ1) is 6.65. The maximum Gasteiger partial charge on any atom is 0.165 e. The Morgan fingerprint density at radius 3 is 2.79 bits per heavy atom. The predicted octanol–water partition coefficient (Wildman–Crippen LogP) is 2.67. The van der Waals surface area contributed by atoms with Crippen molar-refractivity contribution in [2.75, 3.05) is 6.61 Å². The molecule has 0 spiro atoms. The van der Waals surface area contributed by atoms with Gasteiger partial charge in [0.15, 0.2) is 17.9 Å². The Labute approximate surface area is 82.7 Å². The molecule has 0 bridgehead atoms. The quantitative estimate of drug-likeness (QED) is 0.692. The Morgan fingerprint density at radius 2 is 2.21 bits per heavy atom. The number of para-hydroxylation sites is 1. The third-order valence-corrected chi connectivity index (χ3v) is 1.69. The van der Waals surface area contributed by atoms with E-state index in [9.17, 15) is 9.18 Å². The fraction of sp³-hybridized carbons (Fsp3) is 0.364. The second-order valence-corrected chi connectivity index (χ2v) is 3.48. The van der Waals surface area contributed by atoms with Crippen LogP contribution in [0.5, 0.6) is 5.75 Å². The van der Waals surface area contributed by atoms with Gasteiger partial charge in [-0.3, -0.25) is 4.79 Å². The number of hydrogen-bond acceptors (Lipinski definition) is 2. The topological polar surface area (TPSA) is 26.3 Å². The first-order valence-corrected chi connectivity index (χ1v) is 4.51. The molecule has 0 aliphatic heterocycles. The molecule has 0 radical (unpaired) electrons. The van der Waals surface area contributed by atoms with Crippen molar-refractivity contribution in [1.82, 2.24) is 0 Å². The second kappa shape index (κ2) is 4.74. The summed E-state index contributed by atoms with van der Waals surface area (Å²) in [7, 11) is 0. The predicted molar refractivity (Wildman–Crippen MR) is 52.1 cm³/mol. The van der Waals surface area contributed by atoms with Crippen molar-refractivity contribution in [3.8, 4) is 5.75 Å². The number of aldehydes is 1. The van der Waals surface area contributed by atoms with Crippen molar-refractivity contribution in [2.45, 2.75) is 13.8 Å². The SMILES string of the molecule is CC(C)COc1c(F)cccc1C=O. The van der Waals surface area contributed by atoms with Crippen LogP contribution in [0.25, 0.3) is 0 Å². The van der Waals surface area contributed by atoms with Gasteiger partial charge in [-0.2, -0.15) is 0 Å². The average Bonchev–Trinajstić information content (AvgIpc) is 2.15. The van der Waals surface area contributed by atoms with E-state index in [1.54, 1.807) is 0 Å². The summed E-state index contributed by atoms with van der Waals surface area (Å²) >= 11 is 0. The molecular weight excluding hydrogens is 183 g/mol. The molecule has 0 atom stereocenters. The van der Waals surface area contributed by atoms with Crippen molar-refractivity contribution in [3.05, 3.63) is 29.6 Å². The third-order valence-electron chi connectivity index (χ3n) is 1.69. The molecule has 1 aromatic carbocycles. The highest BCUT2D eigenvalue weighted by Gasteiger charge is 2.09. The number of ether oxygens (including phenoxy) is 1. The number of benzene rings is 1. The van der Waals surface area contributed by atoms with Gasteiger partial charge in [-0.15, -0.1) is 0 Å². The molecule has 0 aromatic heterocycles. The minimum atomic E-state index is -0.491. The molecule has 1 aromatic rings. The zero-order chi connectivity index (χ0) is 10.6. The minimum Gasteiger partial charge on any atom is -0.489 e. The van der Waals surface area contributed by atoms with Gasteiger partial charge >= 0.3 is 0 Å². The van der Waals surface area contributed by atoms with Gasteiger partial charge in [0.25, 0.3) is 0 Å². The first kappa shape index (κ1) is 10.7. The number of halogens is 1. The Morgan fingerprint density at radius 1 is 1.50 bits per heavy atom. The second-order valence-electron chi connectivity index (χ2n) is 3.48. The zero-order valence-corrected chi connectivity index (χ0v) is 8.29. The lowest BCUT2D eigenvalue weighted by Gasteiger charge is -2.10. The number of carbonyl (C=O) groups is 1. The van der Waals surface area contributed by atoms with E-state index in [0.29, 0.717) is 18.8 Å². The van der Waals surface area contributed by atoms with Crippen LogP contribution < -0.4 is 4.74 Å². The Kier molecular flexibility index (Phi) is 3.63. The van der Waals surface area contributed by atoms with Gasteiger partial charge in [0.05, 0.1) is 12.2 Å². The molecule has 0 saturated heterocycles. The van der Waals surface area contributed by atoms with E-state index in [2.05, 4.69) is 0 Å². The highest BCUT2D eigenvalue weighted by atomic mass is 19.1. The lowest BCUT2D eigenvalue weighted by Crippen LogP contribution is -2.07. The maximum atomic E-state index is 13.2. The molecule has 0 saturated carbocycles. The summed E-state index contributed by atoms with van der Waals surface area (Å²) in [4.78, 5) is 10.6. The van der Waals surface area contributed by atoms with Gasteiger partial charge in [-0.05, 0) is 18.1 Å². The van der Waals surface area contributed by atoms with Crippen LogP contribution in [0.3, 0.4) is 0 Å². The summed E-state index contributed by atoms with van der Waals surface area (Å²) in [5, 5.41) is 0. The molecule has 0 aliphatic carbocycles. The molecule has 0 amide bonds. The largest absolute Gasteiger partial charge is 0.489 e. The summed E-state index contributed by atoms with van der Waals surface area (Å²) in [6.45, 7) is 4.32. The van der Waals surface area contributed by atoms with E-state index in [1.165, 1.54) is 18.2 Å². The van der Waals surface area contributed by atoms with E-state index in [1.807, 2.05) is 13.8 Å². The van der Waals surface area contributed by atoms with Crippen molar-refractivity contribution in [1.29, 1.82) is 0 Å². The van der Waals surface area contributed by atoms with Crippen LogP contribution in [-0.4, -0.2) is 12.9 Å². The van der Waals surface area contributed by atoms with Crippen LogP contribution in [-0.2, 0) is 0 Å². The summed E-state index contributed by atoms with van der Waals surface area (Å²) in [6.07, 6.45) is 0.596. The molecule has 14 heavy (non-hydrogen) atoms. The fourth-order valence-corrected chi connectivity index (χ4v) is 1.02. The molecule has 0 heterocycles. The van der Waals surface area contributed by atoms with Crippen molar-refractivity contribution in [2.24, 2.45) is 5.92 Å². The van der Waals surface area contributed by atoms with Crippen molar-refractivity contribution >= 4 is 6.29 Å². The van der Waals surface area contributed by atoms with Gasteiger partial charge in [-0.25, -0.2) is 4.39 Å². The Bertz CT molecular complexity index is 321. The summed E-state index contributed by atoms with van der Waals surface area (Å²) in [6, 6.07) is 4.30. The van der Waals surface area contributed by atoms with Crippen molar-refractivity contribution in [3.63, 3.8) is 0 Å². The number of rotatable bonds is 4. The molecule has 0 unspecified atom stereocenters. The van der Waals surface area contributed by atoms with E-state index in [4.69, 9.17) is 4.74 Å². The molecule has 1 rings (SSSR count). The van der Waals surface area contributed by atoms with Gasteiger partial charge < -0.3 is 4.74 Å². The third kappa shape index (κ3) is 2.55. The van der Waals surface area contributed by atoms with E-state index in [-0.39, 0.29) is 11.3 Å². The molecule has 0 N–H and O–H groups in total. The van der Waals surface area contributed by atoms with E-state index < -0.39 is 5.82 Å². The smallest absolute Gasteiger partial charge is 0.165 e. The Balaban J connectivity index is 2.87.